The fourth-order valence-corrected chi connectivity index (χ4v) is 5.37. The molecule has 3 aromatic heterocycles. The van der Waals surface area contributed by atoms with Crippen molar-refractivity contribution in [1.82, 2.24) is 9.97 Å². The highest BCUT2D eigenvalue weighted by Crippen LogP contribution is 2.37. The van der Waals surface area contributed by atoms with Gasteiger partial charge in [-0.25, -0.2) is 14.8 Å². The van der Waals surface area contributed by atoms with Crippen molar-refractivity contribution in [3.63, 3.8) is 0 Å². The molecule has 0 bridgehead atoms. The summed E-state index contributed by atoms with van der Waals surface area (Å²) in [5, 5.41) is 15.6. The van der Waals surface area contributed by atoms with Crippen LogP contribution < -0.4 is 5.32 Å². The van der Waals surface area contributed by atoms with Crippen molar-refractivity contribution in [3.8, 4) is 10.4 Å². The second kappa shape index (κ2) is 8.47. The lowest BCUT2D eigenvalue weighted by Crippen LogP contribution is -2.05. The van der Waals surface area contributed by atoms with Crippen molar-refractivity contribution in [2.75, 3.05) is 5.32 Å². The van der Waals surface area contributed by atoms with Gasteiger partial charge in [0.25, 0.3) is 0 Å². The predicted octanol–water partition coefficient (Wildman–Crippen LogP) is 6.47. The molecule has 0 atom stereocenters. The van der Waals surface area contributed by atoms with Crippen LogP contribution in [0.3, 0.4) is 0 Å². The summed E-state index contributed by atoms with van der Waals surface area (Å²) in [5.41, 5.74) is 3.33. The molecular weight excluding hydrogens is 402 g/mol. The Morgan fingerprint density at radius 2 is 2.24 bits per heavy atom. The van der Waals surface area contributed by atoms with Crippen LogP contribution in [0, 0.1) is 5.92 Å². The van der Waals surface area contributed by atoms with E-state index in [0.29, 0.717) is 16.9 Å². The first-order valence-electron chi connectivity index (χ1n) is 9.74. The van der Waals surface area contributed by atoms with Gasteiger partial charge in [-0.2, -0.15) is 0 Å². The van der Waals surface area contributed by atoms with Crippen molar-refractivity contribution >= 4 is 45.2 Å². The van der Waals surface area contributed by atoms with Gasteiger partial charge in [-0.05, 0) is 54.7 Å². The van der Waals surface area contributed by atoms with Gasteiger partial charge >= 0.3 is 5.97 Å². The van der Waals surface area contributed by atoms with Crippen molar-refractivity contribution in [3.05, 3.63) is 52.0 Å². The number of carboxylic acids is 1. The number of carbonyl (C=O) groups is 1. The van der Waals surface area contributed by atoms with E-state index in [0.717, 1.165) is 35.4 Å². The van der Waals surface area contributed by atoms with Crippen molar-refractivity contribution < 1.29 is 9.90 Å². The fraction of sp³-hybridized carbons (Fsp3) is 0.318. The van der Waals surface area contributed by atoms with Gasteiger partial charge in [0.2, 0.25) is 0 Å². The average Bonchev–Trinajstić information content (AvgIpc) is 3.43. The van der Waals surface area contributed by atoms with E-state index in [4.69, 9.17) is 4.98 Å². The third-order valence-electron chi connectivity index (χ3n) is 4.79. The standard InChI is InChI=1S/C22H23N3O2S2/c1-13(2)10-18-19(14-6-3-4-7-14)24-22(29-18)25-20-16(21(26)27)11-15(12-23-20)17-8-5-9-28-17/h5-6,8-9,11-13H,3-4,7,10H2,1-2H3,(H,26,27)(H,23,24,25). The SMILES string of the molecule is CC(C)Cc1sc(Nc2ncc(-c3cccs3)cc2C(=O)O)nc1C1=CCCC1. The second-order valence-corrected chi connectivity index (χ2v) is 9.57. The first kappa shape index (κ1) is 19.8. The summed E-state index contributed by atoms with van der Waals surface area (Å²) in [6.45, 7) is 4.40. The van der Waals surface area contributed by atoms with Gasteiger partial charge in [-0.15, -0.1) is 22.7 Å². The minimum absolute atomic E-state index is 0.151. The first-order valence-corrected chi connectivity index (χ1v) is 11.4. The van der Waals surface area contributed by atoms with Gasteiger partial charge in [0.15, 0.2) is 5.13 Å². The van der Waals surface area contributed by atoms with E-state index in [1.54, 1.807) is 34.9 Å². The lowest BCUT2D eigenvalue weighted by molar-refractivity contribution is 0.0697. The van der Waals surface area contributed by atoms with Crippen LogP contribution >= 0.6 is 22.7 Å². The molecule has 2 N–H and O–H groups in total. The lowest BCUT2D eigenvalue weighted by Gasteiger charge is -2.07. The molecule has 3 aromatic rings. The monoisotopic (exact) mass is 425 g/mol. The van der Waals surface area contributed by atoms with Crippen LogP contribution in [0.25, 0.3) is 16.0 Å². The van der Waals surface area contributed by atoms with Crippen molar-refractivity contribution in [2.45, 2.75) is 39.5 Å². The topological polar surface area (TPSA) is 75.1 Å². The van der Waals surface area contributed by atoms with Gasteiger partial charge in [0.05, 0.1) is 5.69 Å². The molecule has 1 aliphatic rings. The molecule has 0 unspecified atom stereocenters. The molecular formula is C22H23N3O2S2. The molecule has 0 fully saturated rings. The number of nitrogens with zero attached hydrogens (tertiary/aromatic N) is 2. The Morgan fingerprint density at radius 1 is 1.38 bits per heavy atom. The van der Waals surface area contributed by atoms with Crippen LogP contribution in [0.2, 0.25) is 0 Å². The van der Waals surface area contributed by atoms with Crippen LogP contribution in [-0.4, -0.2) is 21.0 Å². The maximum atomic E-state index is 11.9. The first-order chi connectivity index (χ1) is 14.0. The third kappa shape index (κ3) is 4.41. The van der Waals surface area contributed by atoms with Crippen LogP contribution in [0.5, 0.6) is 0 Å². The molecule has 0 radical (unpaired) electrons. The van der Waals surface area contributed by atoms with E-state index < -0.39 is 5.97 Å². The van der Waals surface area contributed by atoms with E-state index in [1.807, 2.05) is 17.5 Å². The predicted molar refractivity (Wildman–Crippen MR) is 120 cm³/mol. The fourth-order valence-electron chi connectivity index (χ4n) is 3.46. The molecule has 0 amide bonds. The second-order valence-electron chi connectivity index (χ2n) is 7.54. The number of rotatable bonds is 7. The molecule has 7 heteroatoms. The van der Waals surface area contributed by atoms with E-state index in [-0.39, 0.29) is 5.56 Å². The normalized spacial score (nSPS) is 13.7. The summed E-state index contributed by atoms with van der Waals surface area (Å²) in [4.78, 5) is 23.3. The summed E-state index contributed by atoms with van der Waals surface area (Å²) in [6, 6.07) is 5.57. The summed E-state index contributed by atoms with van der Waals surface area (Å²) in [7, 11) is 0. The number of aromatic carboxylic acids is 1. The zero-order valence-electron chi connectivity index (χ0n) is 16.4. The molecule has 0 saturated carbocycles. The van der Waals surface area contributed by atoms with Crippen LogP contribution in [0.15, 0.2) is 35.9 Å². The highest BCUT2D eigenvalue weighted by molar-refractivity contribution is 7.15. The number of thiophene rings is 1. The highest BCUT2D eigenvalue weighted by Gasteiger charge is 2.20. The number of anilines is 2. The number of thiazole rings is 1. The minimum Gasteiger partial charge on any atom is -0.478 e. The number of pyridine rings is 1. The number of nitrogens with one attached hydrogen (secondary N) is 1. The van der Waals surface area contributed by atoms with E-state index in [2.05, 4.69) is 30.2 Å². The smallest absolute Gasteiger partial charge is 0.339 e. The molecule has 150 valence electrons. The zero-order valence-corrected chi connectivity index (χ0v) is 18.1. The van der Waals surface area contributed by atoms with Crippen LogP contribution in [0.4, 0.5) is 10.9 Å². The van der Waals surface area contributed by atoms with Crippen LogP contribution in [-0.2, 0) is 6.42 Å². The zero-order chi connectivity index (χ0) is 20.4. The Kier molecular flexibility index (Phi) is 5.78. The molecule has 0 spiro atoms. The molecule has 0 saturated heterocycles. The molecule has 0 aliphatic heterocycles. The molecule has 5 nitrogen and oxygen atoms in total. The molecule has 0 aromatic carbocycles. The number of allylic oxidation sites excluding steroid dienone is 2. The van der Waals surface area contributed by atoms with Crippen molar-refractivity contribution in [2.24, 2.45) is 5.92 Å². The summed E-state index contributed by atoms with van der Waals surface area (Å²) in [5.74, 6) is -0.146. The van der Waals surface area contributed by atoms with Crippen molar-refractivity contribution in [1.29, 1.82) is 0 Å². The van der Waals surface area contributed by atoms with Gasteiger partial charge in [-0.1, -0.05) is 26.0 Å². The minimum atomic E-state index is -1.00. The Bertz CT molecular complexity index is 1050. The number of carboxylic acid groups (broad SMARTS) is 1. The summed E-state index contributed by atoms with van der Waals surface area (Å²) < 4.78 is 0. The highest BCUT2D eigenvalue weighted by atomic mass is 32.1. The number of hydrogen-bond donors (Lipinski definition) is 2. The molecule has 1 aliphatic carbocycles. The maximum Gasteiger partial charge on any atom is 0.339 e. The van der Waals surface area contributed by atoms with E-state index in [1.165, 1.54) is 16.9 Å². The molecule has 29 heavy (non-hydrogen) atoms. The van der Waals surface area contributed by atoms with Gasteiger partial charge in [-0.3, -0.25) is 0 Å². The Balaban J connectivity index is 1.67. The van der Waals surface area contributed by atoms with E-state index >= 15 is 0 Å². The molecule has 3 heterocycles. The Morgan fingerprint density at radius 3 is 2.90 bits per heavy atom. The third-order valence-corrected chi connectivity index (χ3v) is 6.70. The maximum absolute atomic E-state index is 11.9. The van der Waals surface area contributed by atoms with Gasteiger partial charge < -0.3 is 10.4 Å². The average molecular weight is 426 g/mol. The van der Waals surface area contributed by atoms with Crippen LogP contribution in [0.1, 0.15) is 54.0 Å². The Hall–Kier alpha value is -2.51. The quantitative estimate of drug-likeness (QED) is 0.453. The Labute approximate surface area is 178 Å². The summed E-state index contributed by atoms with van der Waals surface area (Å²) >= 11 is 3.16. The lowest BCUT2D eigenvalue weighted by atomic mass is 10.0. The van der Waals surface area contributed by atoms with Gasteiger partial charge in [0, 0.05) is 21.5 Å². The van der Waals surface area contributed by atoms with Gasteiger partial charge in [0.1, 0.15) is 11.4 Å². The number of aromatic nitrogens is 2. The van der Waals surface area contributed by atoms with E-state index in [9.17, 15) is 9.90 Å². The number of hydrogen-bond acceptors (Lipinski definition) is 6. The summed E-state index contributed by atoms with van der Waals surface area (Å²) in [6.07, 6.45) is 8.28. The largest absolute Gasteiger partial charge is 0.478 e. The molecule has 4 rings (SSSR count).